The first kappa shape index (κ1) is 15.0. The average molecular weight is 241 g/mol. The molecule has 102 valence electrons. The Morgan fingerprint density at radius 3 is 2.47 bits per heavy atom. The first-order valence-corrected chi connectivity index (χ1v) is 7.47. The lowest BCUT2D eigenvalue weighted by atomic mass is 9.76. The van der Waals surface area contributed by atoms with E-state index in [1.807, 2.05) is 0 Å². The first-order valence-electron chi connectivity index (χ1n) is 7.47. The van der Waals surface area contributed by atoms with E-state index in [0.29, 0.717) is 5.41 Å². The zero-order chi connectivity index (χ0) is 12.6. The van der Waals surface area contributed by atoms with Crippen molar-refractivity contribution in [3.8, 4) is 0 Å². The number of rotatable bonds is 8. The van der Waals surface area contributed by atoms with E-state index in [1.165, 1.54) is 45.1 Å². The molecule has 0 aromatic rings. The summed E-state index contributed by atoms with van der Waals surface area (Å²) >= 11 is 0. The van der Waals surface area contributed by atoms with Crippen LogP contribution in [0.25, 0.3) is 0 Å². The Morgan fingerprint density at radius 1 is 1.18 bits per heavy atom. The van der Waals surface area contributed by atoms with Crippen LogP contribution in [0.5, 0.6) is 0 Å². The fraction of sp³-hybridized carbons (Fsp3) is 1.00. The maximum Gasteiger partial charge on any atom is 0.0471 e. The van der Waals surface area contributed by atoms with Crippen LogP contribution < -0.4 is 5.32 Å². The van der Waals surface area contributed by atoms with E-state index in [0.717, 1.165) is 25.7 Å². The fourth-order valence-corrected chi connectivity index (χ4v) is 2.70. The SMILES string of the molecule is CCCCCC1(CNCC(C)C)CCOCC1. The van der Waals surface area contributed by atoms with E-state index in [1.54, 1.807) is 0 Å². The van der Waals surface area contributed by atoms with E-state index in [2.05, 4.69) is 26.1 Å². The van der Waals surface area contributed by atoms with Gasteiger partial charge in [-0.15, -0.1) is 0 Å². The van der Waals surface area contributed by atoms with Crippen LogP contribution >= 0.6 is 0 Å². The minimum atomic E-state index is 0.530. The quantitative estimate of drug-likeness (QED) is 0.656. The van der Waals surface area contributed by atoms with E-state index in [4.69, 9.17) is 4.74 Å². The van der Waals surface area contributed by atoms with Gasteiger partial charge in [0.15, 0.2) is 0 Å². The molecular weight excluding hydrogens is 210 g/mol. The smallest absolute Gasteiger partial charge is 0.0471 e. The number of nitrogens with one attached hydrogen (secondary N) is 1. The summed E-state index contributed by atoms with van der Waals surface area (Å²) in [6.45, 7) is 11.1. The molecule has 1 rings (SSSR count). The lowest BCUT2D eigenvalue weighted by molar-refractivity contribution is 0.00896. The van der Waals surface area contributed by atoms with Crippen LogP contribution in [0.3, 0.4) is 0 Å². The predicted molar refractivity (Wildman–Crippen MR) is 74.3 cm³/mol. The molecule has 0 amide bonds. The van der Waals surface area contributed by atoms with Crippen molar-refractivity contribution in [1.82, 2.24) is 5.32 Å². The molecule has 0 aromatic carbocycles. The Hall–Kier alpha value is -0.0800. The van der Waals surface area contributed by atoms with Crippen molar-refractivity contribution in [3.63, 3.8) is 0 Å². The van der Waals surface area contributed by atoms with Crippen LogP contribution in [0.4, 0.5) is 0 Å². The summed E-state index contributed by atoms with van der Waals surface area (Å²) in [6, 6.07) is 0. The molecule has 0 spiro atoms. The van der Waals surface area contributed by atoms with Gasteiger partial charge in [0.25, 0.3) is 0 Å². The summed E-state index contributed by atoms with van der Waals surface area (Å²) < 4.78 is 5.53. The van der Waals surface area contributed by atoms with Crippen molar-refractivity contribution in [2.24, 2.45) is 11.3 Å². The van der Waals surface area contributed by atoms with Gasteiger partial charge in [-0.2, -0.15) is 0 Å². The summed E-state index contributed by atoms with van der Waals surface area (Å²) in [7, 11) is 0. The van der Waals surface area contributed by atoms with Gasteiger partial charge in [-0.3, -0.25) is 0 Å². The number of hydrogen-bond acceptors (Lipinski definition) is 2. The standard InChI is InChI=1S/C15H31NO/c1-4-5-6-7-15(8-10-17-11-9-15)13-16-12-14(2)3/h14,16H,4-13H2,1-3H3. The Labute approximate surface area is 108 Å². The van der Waals surface area contributed by atoms with E-state index in [-0.39, 0.29) is 0 Å². The van der Waals surface area contributed by atoms with Crippen LogP contribution in [-0.2, 0) is 4.74 Å². The van der Waals surface area contributed by atoms with Crippen LogP contribution in [0, 0.1) is 11.3 Å². The van der Waals surface area contributed by atoms with Gasteiger partial charge in [-0.1, -0.05) is 40.0 Å². The third kappa shape index (κ3) is 5.87. The van der Waals surface area contributed by atoms with Crippen molar-refractivity contribution in [1.29, 1.82) is 0 Å². The number of unbranched alkanes of at least 4 members (excludes halogenated alkanes) is 2. The second kappa shape index (κ2) is 8.10. The van der Waals surface area contributed by atoms with Gasteiger partial charge in [-0.05, 0) is 37.1 Å². The average Bonchev–Trinajstić information content (AvgIpc) is 2.30. The molecule has 1 saturated heterocycles. The second-order valence-electron chi connectivity index (χ2n) is 6.09. The third-order valence-corrected chi connectivity index (χ3v) is 3.92. The van der Waals surface area contributed by atoms with Crippen LogP contribution in [0.1, 0.15) is 59.3 Å². The molecule has 0 radical (unpaired) electrons. The summed E-state index contributed by atoms with van der Waals surface area (Å²) in [4.78, 5) is 0. The van der Waals surface area contributed by atoms with E-state index in [9.17, 15) is 0 Å². The van der Waals surface area contributed by atoms with Gasteiger partial charge in [0, 0.05) is 19.8 Å². The molecule has 0 aliphatic carbocycles. The minimum Gasteiger partial charge on any atom is -0.381 e. The van der Waals surface area contributed by atoms with E-state index < -0.39 is 0 Å². The van der Waals surface area contributed by atoms with Crippen LogP contribution in [0.2, 0.25) is 0 Å². The van der Waals surface area contributed by atoms with Crippen LogP contribution in [0.15, 0.2) is 0 Å². The minimum absolute atomic E-state index is 0.530. The highest BCUT2D eigenvalue weighted by Gasteiger charge is 2.31. The van der Waals surface area contributed by atoms with Gasteiger partial charge >= 0.3 is 0 Å². The zero-order valence-corrected chi connectivity index (χ0v) is 12.1. The fourth-order valence-electron chi connectivity index (χ4n) is 2.70. The summed E-state index contributed by atoms with van der Waals surface area (Å²) in [5, 5.41) is 3.67. The Balaban J connectivity index is 2.34. The molecule has 0 atom stereocenters. The molecule has 17 heavy (non-hydrogen) atoms. The zero-order valence-electron chi connectivity index (χ0n) is 12.1. The molecule has 1 fully saturated rings. The maximum atomic E-state index is 5.53. The molecule has 2 nitrogen and oxygen atoms in total. The molecule has 0 aromatic heterocycles. The Morgan fingerprint density at radius 2 is 1.88 bits per heavy atom. The molecule has 2 heteroatoms. The highest BCUT2D eigenvalue weighted by Crippen LogP contribution is 2.35. The molecular formula is C15H31NO. The first-order chi connectivity index (χ1) is 8.18. The number of ether oxygens (including phenoxy) is 1. The van der Waals surface area contributed by atoms with Gasteiger partial charge in [0.05, 0.1) is 0 Å². The lowest BCUT2D eigenvalue weighted by Crippen LogP contribution is -2.40. The lowest BCUT2D eigenvalue weighted by Gasteiger charge is -2.38. The predicted octanol–water partition coefficient (Wildman–Crippen LogP) is 3.61. The highest BCUT2D eigenvalue weighted by atomic mass is 16.5. The number of hydrogen-bond donors (Lipinski definition) is 1. The van der Waals surface area contributed by atoms with Gasteiger partial charge in [0.2, 0.25) is 0 Å². The Bertz CT molecular complexity index is 185. The molecule has 1 aliphatic heterocycles. The largest absolute Gasteiger partial charge is 0.381 e. The monoisotopic (exact) mass is 241 g/mol. The summed E-state index contributed by atoms with van der Waals surface area (Å²) in [5.74, 6) is 0.752. The third-order valence-electron chi connectivity index (χ3n) is 3.92. The molecule has 1 aliphatic rings. The Kier molecular flexibility index (Phi) is 7.14. The van der Waals surface area contributed by atoms with Gasteiger partial charge < -0.3 is 10.1 Å². The molecule has 1 heterocycles. The van der Waals surface area contributed by atoms with Crippen molar-refractivity contribution >= 4 is 0 Å². The maximum absolute atomic E-state index is 5.53. The molecule has 0 unspecified atom stereocenters. The van der Waals surface area contributed by atoms with Gasteiger partial charge in [-0.25, -0.2) is 0 Å². The molecule has 0 bridgehead atoms. The van der Waals surface area contributed by atoms with Gasteiger partial charge in [0.1, 0.15) is 0 Å². The van der Waals surface area contributed by atoms with Crippen molar-refractivity contribution in [3.05, 3.63) is 0 Å². The van der Waals surface area contributed by atoms with Crippen molar-refractivity contribution < 1.29 is 4.74 Å². The summed E-state index contributed by atoms with van der Waals surface area (Å²) in [6.07, 6.45) is 7.98. The second-order valence-corrected chi connectivity index (χ2v) is 6.09. The normalized spacial score (nSPS) is 19.8. The topological polar surface area (TPSA) is 21.3 Å². The summed E-state index contributed by atoms with van der Waals surface area (Å²) in [5.41, 5.74) is 0.530. The van der Waals surface area contributed by atoms with Crippen molar-refractivity contribution in [2.45, 2.75) is 59.3 Å². The highest BCUT2D eigenvalue weighted by molar-refractivity contribution is 4.84. The molecule has 1 N–H and O–H groups in total. The van der Waals surface area contributed by atoms with Crippen LogP contribution in [-0.4, -0.2) is 26.3 Å². The van der Waals surface area contributed by atoms with Crippen molar-refractivity contribution in [2.75, 3.05) is 26.3 Å². The van der Waals surface area contributed by atoms with E-state index >= 15 is 0 Å². The molecule has 0 saturated carbocycles.